The van der Waals surface area contributed by atoms with E-state index in [9.17, 15) is 31.1 Å². The van der Waals surface area contributed by atoms with E-state index in [1.54, 1.807) is 0 Å². The van der Waals surface area contributed by atoms with E-state index in [1.807, 2.05) is 0 Å². The maximum absolute atomic E-state index is 13.7. The smallest absolute Gasteiger partial charge is 0.386 e. The highest BCUT2D eigenvalue weighted by Gasteiger charge is 2.42. The zero-order valence-electron chi connectivity index (χ0n) is 20.1. The normalized spacial score (nSPS) is 19.1. The molecule has 0 spiro atoms. The molecule has 5 rings (SSSR count). The van der Waals surface area contributed by atoms with Crippen molar-refractivity contribution in [1.82, 2.24) is 20.3 Å². The zero-order valence-corrected chi connectivity index (χ0v) is 20.1. The fraction of sp³-hybridized carbons (Fsp3) is 0.333. The van der Waals surface area contributed by atoms with E-state index < -0.39 is 35.9 Å². The van der Waals surface area contributed by atoms with Gasteiger partial charge >= 0.3 is 25.2 Å². The van der Waals surface area contributed by atoms with E-state index in [4.69, 9.17) is 4.74 Å². The number of aromatic nitrogens is 1. The summed E-state index contributed by atoms with van der Waals surface area (Å²) in [6, 6.07) is 6.38. The highest BCUT2D eigenvalue weighted by molar-refractivity contribution is 6.16. The minimum Gasteiger partial charge on any atom is -0.386 e. The van der Waals surface area contributed by atoms with Gasteiger partial charge in [-0.3, -0.25) is 10.4 Å². The lowest BCUT2D eigenvalue weighted by Gasteiger charge is -2.26. The second-order valence-electron chi connectivity index (χ2n) is 8.86. The fourth-order valence-electron chi connectivity index (χ4n) is 4.36. The summed E-state index contributed by atoms with van der Waals surface area (Å²) in [7, 11) is 0. The Bertz CT molecular complexity index is 1330. The number of fused-ring (bicyclic) bond motifs is 1. The Labute approximate surface area is 218 Å². The van der Waals surface area contributed by atoms with Crippen LogP contribution in [0, 0.1) is 0 Å². The molecule has 0 saturated carbocycles. The molecule has 1 atom stereocenters. The molecular formula is C24H22F6N7O2+. The van der Waals surface area contributed by atoms with Crippen molar-refractivity contribution in [3.05, 3.63) is 65.5 Å². The van der Waals surface area contributed by atoms with Crippen LogP contribution >= 0.6 is 0 Å². The first-order chi connectivity index (χ1) is 18.5. The first kappa shape index (κ1) is 26.3. The number of ether oxygens (including phenoxy) is 1. The Morgan fingerprint density at radius 3 is 2.46 bits per heavy atom. The van der Waals surface area contributed by atoms with Crippen molar-refractivity contribution in [1.29, 1.82) is 0 Å². The Hall–Kier alpha value is -4.30. The highest BCUT2D eigenvalue weighted by Crippen LogP contribution is 2.34. The first-order valence-electron chi connectivity index (χ1n) is 11.8. The van der Waals surface area contributed by atoms with Crippen molar-refractivity contribution in [3.8, 4) is 0 Å². The Morgan fingerprint density at radius 1 is 1.08 bits per heavy atom. The van der Waals surface area contributed by atoms with Gasteiger partial charge in [0.25, 0.3) is 0 Å². The van der Waals surface area contributed by atoms with Crippen molar-refractivity contribution in [3.63, 3.8) is 0 Å². The number of allylic oxidation sites excluding steroid dienone is 1. The number of halogens is 6. The summed E-state index contributed by atoms with van der Waals surface area (Å²) in [5.41, 5.74) is 1.01. The molecule has 1 unspecified atom stereocenters. The van der Waals surface area contributed by atoms with Crippen LogP contribution in [-0.2, 0) is 17.1 Å². The summed E-state index contributed by atoms with van der Waals surface area (Å²) in [6.45, 7) is 0.687. The maximum Gasteiger partial charge on any atom is 0.418 e. The molecule has 206 valence electrons. The third-order valence-electron chi connectivity index (χ3n) is 6.22. The predicted octanol–water partition coefficient (Wildman–Crippen LogP) is 4.32. The van der Waals surface area contributed by atoms with Gasteiger partial charge in [-0.05, 0) is 49.2 Å². The minimum atomic E-state index is -4.68. The second-order valence-corrected chi connectivity index (χ2v) is 8.86. The average molecular weight is 554 g/mol. The molecule has 3 aliphatic heterocycles. The number of nitrogens with zero attached hydrogens (tertiary/aromatic N) is 5. The number of carbonyl (C=O) groups is 1. The molecule has 4 heterocycles. The fourth-order valence-corrected chi connectivity index (χ4v) is 4.36. The number of pyridine rings is 1. The molecule has 1 amide bonds. The summed E-state index contributed by atoms with van der Waals surface area (Å²) in [6.07, 6.45) is -5.02. The van der Waals surface area contributed by atoms with Crippen LogP contribution in [0.2, 0.25) is 0 Å². The van der Waals surface area contributed by atoms with Gasteiger partial charge in [0, 0.05) is 31.0 Å². The van der Waals surface area contributed by atoms with Crippen molar-refractivity contribution in [2.45, 2.75) is 31.5 Å². The van der Waals surface area contributed by atoms with Gasteiger partial charge in [-0.1, -0.05) is 9.69 Å². The number of amidine groups is 1. The molecule has 39 heavy (non-hydrogen) atoms. The van der Waals surface area contributed by atoms with Gasteiger partial charge in [-0.15, -0.1) is 0 Å². The van der Waals surface area contributed by atoms with Crippen LogP contribution in [-0.4, -0.2) is 63.8 Å². The van der Waals surface area contributed by atoms with Crippen LogP contribution in [0.25, 0.3) is 5.57 Å². The number of anilines is 1. The molecule has 1 aromatic carbocycles. The summed E-state index contributed by atoms with van der Waals surface area (Å²) in [4.78, 5) is 18.0. The summed E-state index contributed by atoms with van der Waals surface area (Å²) in [5, 5.41) is 8.61. The van der Waals surface area contributed by atoms with Crippen LogP contribution < -0.4 is 10.7 Å². The van der Waals surface area contributed by atoms with Gasteiger partial charge in [-0.2, -0.15) is 31.4 Å². The molecule has 0 aliphatic carbocycles. The topological polar surface area (TPSA) is 85.1 Å². The van der Waals surface area contributed by atoms with Gasteiger partial charge in [-0.25, -0.2) is 4.79 Å². The molecular weight excluding hydrogens is 532 g/mol. The Balaban J connectivity index is 1.43. The third kappa shape index (κ3) is 5.61. The third-order valence-corrected chi connectivity index (χ3v) is 6.22. The Morgan fingerprint density at radius 2 is 1.79 bits per heavy atom. The number of hydrogen-bond acceptors (Lipinski definition) is 7. The van der Waals surface area contributed by atoms with Gasteiger partial charge in [0.05, 0.1) is 22.4 Å². The summed E-state index contributed by atoms with van der Waals surface area (Å²) in [5.74, 6) is 0.160. The van der Waals surface area contributed by atoms with E-state index >= 15 is 0 Å². The van der Waals surface area contributed by atoms with Crippen LogP contribution in [0.1, 0.15) is 29.7 Å². The average Bonchev–Trinajstić information content (AvgIpc) is 3.57. The lowest BCUT2D eigenvalue weighted by molar-refractivity contribution is -0.691. The molecule has 1 saturated heterocycles. The second kappa shape index (κ2) is 10.1. The number of rotatable bonds is 5. The Kier molecular flexibility index (Phi) is 6.82. The van der Waals surface area contributed by atoms with Crippen LogP contribution in [0.15, 0.2) is 53.8 Å². The number of alkyl halides is 6. The standard InChI is InChI=1S/C24H21F6N7O2/c25-23(26,27)16-5-7-17(8-6-16)32-21-34-33-19-12-15(20-18(24(28,29)30)4-3-9-31-20)13-36(37(19)21)14-39-22(38)35-10-1-2-11-35/h3-9,12-13,21,32H,1-2,10-11,14H2/p+1. The highest BCUT2D eigenvalue weighted by atomic mass is 19.4. The van der Waals surface area contributed by atoms with E-state index in [0.29, 0.717) is 18.8 Å². The van der Waals surface area contributed by atoms with E-state index in [2.05, 4.69) is 20.8 Å². The monoisotopic (exact) mass is 554 g/mol. The van der Waals surface area contributed by atoms with Crippen molar-refractivity contribution >= 4 is 29.4 Å². The van der Waals surface area contributed by atoms with Gasteiger partial charge in [0.15, 0.2) is 0 Å². The number of hydrazone groups is 2. The molecule has 2 N–H and O–H groups in total. The SMILES string of the molecule is O=C(OC[N+]1=CC(c2ncccc2C(F)(F)F)=CC2=NNC(Nc3ccc(C(F)(F)F)cc3)N21)N1CCCC1. The lowest BCUT2D eigenvalue weighted by atomic mass is 10.1. The molecule has 9 nitrogen and oxygen atoms in total. The van der Waals surface area contributed by atoms with E-state index in [-0.39, 0.29) is 23.8 Å². The van der Waals surface area contributed by atoms with Crippen molar-refractivity contribution in [2.75, 3.05) is 25.1 Å². The predicted molar refractivity (Wildman–Crippen MR) is 127 cm³/mol. The number of benzene rings is 1. The van der Waals surface area contributed by atoms with Crippen LogP contribution in [0.3, 0.4) is 0 Å². The molecule has 2 aromatic rings. The molecule has 1 aromatic heterocycles. The quantitative estimate of drug-likeness (QED) is 0.423. The minimum absolute atomic E-state index is 0.0622. The molecule has 15 heteroatoms. The zero-order chi connectivity index (χ0) is 27.8. The van der Waals surface area contributed by atoms with Gasteiger partial charge in [0.2, 0.25) is 18.3 Å². The van der Waals surface area contributed by atoms with Crippen molar-refractivity contribution in [2.24, 2.45) is 5.10 Å². The van der Waals surface area contributed by atoms with Gasteiger partial charge in [0.1, 0.15) is 0 Å². The largest absolute Gasteiger partial charge is 0.418 e. The number of nitrogens with one attached hydrogen (secondary N) is 2. The summed E-state index contributed by atoms with van der Waals surface area (Å²) >= 11 is 0. The number of amides is 1. The molecule has 1 fully saturated rings. The number of hydrogen-bond donors (Lipinski definition) is 2. The molecule has 0 radical (unpaired) electrons. The van der Waals surface area contributed by atoms with E-state index in [1.165, 1.54) is 51.3 Å². The number of hydrazine groups is 1. The van der Waals surface area contributed by atoms with E-state index in [0.717, 1.165) is 31.0 Å². The molecule has 0 bridgehead atoms. The number of carbonyl (C=O) groups excluding carboxylic acids is 1. The maximum atomic E-state index is 13.7. The lowest BCUT2D eigenvalue weighted by Crippen LogP contribution is -2.53. The molecule has 3 aliphatic rings. The number of likely N-dealkylation sites (tertiary alicyclic amines) is 1. The van der Waals surface area contributed by atoms with Gasteiger partial charge < -0.3 is 15.0 Å². The summed E-state index contributed by atoms with van der Waals surface area (Å²) < 4.78 is 86.7. The van der Waals surface area contributed by atoms with Crippen LogP contribution in [0.5, 0.6) is 0 Å². The van der Waals surface area contributed by atoms with Crippen LogP contribution in [0.4, 0.5) is 36.8 Å². The first-order valence-corrected chi connectivity index (χ1v) is 11.8. The van der Waals surface area contributed by atoms with Crippen molar-refractivity contribution < 1.29 is 40.6 Å².